The molecule has 0 saturated heterocycles. The van der Waals surface area contributed by atoms with E-state index in [1.54, 1.807) is 12.4 Å². The lowest BCUT2D eigenvalue weighted by molar-refractivity contribution is -0.113. The summed E-state index contributed by atoms with van der Waals surface area (Å²) in [5.74, 6) is 0.329. The Balaban J connectivity index is 1.48. The topological polar surface area (TPSA) is 99.0 Å². The molecule has 0 atom stereocenters. The number of aromatic nitrogens is 4. The fourth-order valence-corrected chi connectivity index (χ4v) is 5.92. The Morgan fingerprint density at radius 2 is 2.09 bits per heavy atom. The summed E-state index contributed by atoms with van der Waals surface area (Å²) in [6.07, 6.45) is 7.16. The van der Waals surface area contributed by atoms with Gasteiger partial charge in [0.05, 0.1) is 17.4 Å². The molecule has 10 heteroatoms. The molecule has 0 unspecified atom stereocenters. The molecule has 1 aliphatic rings. The number of hydrogen-bond donors (Lipinski definition) is 1. The molecule has 0 bridgehead atoms. The van der Waals surface area contributed by atoms with Crippen molar-refractivity contribution in [1.82, 2.24) is 19.7 Å². The van der Waals surface area contributed by atoms with Crippen molar-refractivity contribution in [2.45, 2.75) is 64.3 Å². The summed E-state index contributed by atoms with van der Waals surface area (Å²) in [5.41, 5.74) is 2.43. The van der Waals surface area contributed by atoms with E-state index in [1.165, 1.54) is 28.0 Å². The number of anilines is 1. The van der Waals surface area contributed by atoms with E-state index in [2.05, 4.69) is 20.5 Å². The van der Waals surface area contributed by atoms with Crippen LogP contribution in [0.2, 0.25) is 0 Å². The fourth-order valence-electron chi connectivity index (χ4n) is 3.82. The van der Waals surface area contributed by atoms with Gasteiger partial charge in [0.15, 0.2) is 11.0 Å². The van der Waals surface area contributed by atoms with E-state index >= 15 is 0 Å². The van der Waals surface area contributed by atoms with Gasteiger partial charge in [0, 0.05) is 29.4 Å². The number of thioether (sulfide) groups is 1. The maximum Gasteiger partial charge on any atom is 0.341 e. The van der Waals surface area contributed by atoms with Crippen LogP contribution in [0.25, 0.3) is 11.4 Å². The number of aryl methyl sites for hydroxylation is 1. The molecule has 3 heterocycles. The number of pyridine rings is 1. The first-order valence-electron chi connectivity index (χ1n) is 11.1. The van der Waals surface area contributed by atoms with Gasteiger partial charge in [-0.1, -0.05) is 11.8 Å². The summed E-state index contributed by atoms with van der Waals surface area (Å²) in [5, 5.41) is 12.8. The second-order valence-electron chi connectivity index (χ2n) is 8.00. The first-order valence-corrected chi connectivity index (χ1v) is 12.9. The zero-order chi connectivity index (χ0) is 23.4. The smallest absolute Gasteiger partial charge is 0.341 e. The number of carbonyl (C=O) groups excluding carboxylic acids is 2. The van der Waals surface area contributed by atoms with Crippen LogP contribution in [0.5, 0.6) is 0 Å². The van der Waals surface area contributed by atoms with E-state index in [1.807, 2.05) is 37.5 Å². The number of fused-ring (bicyclic) bond motifs is 1. The molecule has 4 rings (SSSR count). The zero-order valence-corrected chi connectivity index (χ0v) is 20.6. The van der Waals surface area contributed by atoms with Crippen LogP contribution in [0.1, 0.15) is 54.4 Å². The summed E-state index contributed by atoms with van der Waals surface area (Å²) >= 11 is 2.81. The Hall–Kier alpha value is -2.72. The predicted molar refractivity (Wildman–Crippen MR) is 130 cm³/mol. The minimum absolute atomic E-state index is 0.159. The van der Waals surface area contributed by atoms with Gasteiger partial charge >= 0.3 is 5.97 Å². The van der Waals surface area contributed by atoms with Gasteiger partial charge in [0.25, 0.3) is 0 Å². The molecule has 1 aliphatic carbocycles. The highest BCUT2D eigenvalue weighted by atomic mass is 32.2. The molecular formula is C23H27N5O3S2. The standard InChI is InChI=1S/C23H27N5O3S2/c1-4-28-20(15-8-7-11-24-12-15)26-27-23(28)32-13-18(29)25-21-19(22(30)31-14(2)3)16-9-5-6-10-17(16)33-21/h7-8,11-12,14H,4-6,9-10,13H2,1-3H3,(H,25,29). The average Bonchev–Trinajstić information content (AvgIpc) is 3.38. The highest BCUT2D eigenvalue weighted by Gasteiger charge is 2.28. The van der Waals surface area contributed by atoms with Gasteiger partial charge in [-0.15, -0.1) is 21.5 Å². The normalized spacial score (nSPS) is 13.1. The molecule has 0 aromatic carbocycles. The molecule has 1 amide bonds. The lowest BCUT2D eigenvalue weighted by atomic mass is 9.95. The summed E-state index contributed by atoms with van der Waals surface area (Å²) in [6.45, 7) is 6.34. The van der Waals surface area contributed by atoms with Gasteiger partial charge in [-0.3, -0.25) is 9.78 Å². The molecule has 8 nitrogen and oxygen atoms in total. The van der Waals surface area contributed by atoms with Gasteiger partial charge in [-0.25, -0.2) is 4.79 Å². The van der Waals surface area contributed by atoms with Crippen LogP contribution in [-0.2, 0) is 28.9 Å². The molecule has 0 saturated carbocycles. The van der Waals surface area contributed by atoms with E-state index in [0.717, 1.165) is 42.6 Å². The number of nitrogens with zero attached hydrogens (tertiary/aromatic N) is 4. The molecule has 174 valence electrons. The summed E-state index contributed by atoms with van der Waals surface area (Å²) in [7, 11) is 0. The van der Waals surface area contributed by atoms with E-state index < -0.39 is 0 Å². The quantitative estimate of drug-likeness (QED) is 0.368. The molecule has 0 spiro atoms. The Labute approximate surface area is 201 Å². The lowest BCUT2D eigenvalue weighted by Gasteiger charge is -2.14. The maximum absolute atomic E-state index is 12.8. The Morgan fingerprint density at radius 1 is 1.27 bits per heavy atom. The number of amides is 1. The van der Waals surface area contributed by atoms with Crippen LogP contribution in [0.4, 0.5) is 5.00 Å². The Kier molecular flexibility index (Phi) is 7.44. The van der Waals surface area contributed by atoms with E-state index in [4.69, 9.17) is 4.74 Å². The second-order valence-corrected chi connectivity index (χ2v) is 10.0. The summed E-state index contributed by atoms with van der Waals surface area (Å²) in [6, 6.07) is 3.79. The SMILES string of the molecule is CCn1c(SCC(=O)Nc2sc3c(c2C(=O)OC(C)C)CCCC3)nnc1-c1cccnc1. The third-order valence-electron chi connectivity index (χ3n) is 5.26. The summed E-state index contributed by atoms with van der Waals surface area (Å²) < 4.78 is 7.43. The first kappa shape index (κ1) is 23.4. The van der Waals surface area contributed by atoms with Crippen LogP contribution in [0.15, 0.2) is 29.7 Å². The van der Waals surface area contributed by atoms with E-state index in [-0.39, 0.29) is 23.7 Å². The predicted octanol–water partition coefficient (Wildman–Crippen LogP) is 4.60. The fraction of sp³-hybridized carbons (Fsp3) is 0.435. The largest absolute Gasteiger partial charge is 0.459 e. The van der Waals surface area contributed by atoms with Gasteiger partial charge in [-0.2, -0.15) is 0 Å². The van der Waals surface area contributed by atoms with E-state index in [9.17, 15) is 9.59 Å². The third kappa shape index (κ3) is 5.27. The highest BCUT2D eigenvalue weighted by Crippen LogP contribution is 2.39. The van der Waals surface area contributed by atoms with Gasteiger partial charge < -0.3 is 14.6 Å². The number of thiophene rings is 1. The Bertz CT molecular complexity index is 1140. The minimum atomic E-state index is -0.362. The van der Waals surface area contributed by atoms with Gasteiger partial charge in [0.2, 0.25) is 5.91 Å². The molecular weight excluding hydrogens is 458 g/mol. The molecule has 1 N–H and O–H groups in total. The van der Waals surface area contributed by atoms with Crippen molar-refractivity contribution in [3.05, 3.63) is 40.5 Å². The Morgan fingerprint density at radius 3 is 2.82 bits per heavy atom. The first-order chi connectivity index (χ1) is 16.0. The minimum Gasteiger partial charge on any atom is -0.459 e. The lowest BCUT2D eigenvalue weighted by Crippen LogP contribution is -2.19. The molecule has 3 aromatic heterocycles. The van der Waals surface area contributed by atoms with Crippen molar-refractivity contribution in [2.24, 2.45) is 0 Å². The van der Waals surface area contributed by atoms with Crippen molar-refractivity contribution in [3.63, 3.8) is 0 Å². The number of ether oxygens (including phenoxy) is 1. The van der Waals surface area contributed by atoms with E-state index in [0.29, 0.717) is 22.3 Å². The highest BCUT2D eigenvalue weighted by molar-refractivity contribution is 7.99. The van der Waals surface area contributed by atoms with Crippen molar-refractivity contribution < 1.29 is 14.3 Å². The molecule has 3 aromatic rings. The van der Waals surface area contributed by atoms with Crippen molar-refractivity contribution in [1.29, 1.82) is 0 Å². The zero-order valence-electron chi connectivity index (χ0n) is 19.0. The monoisotopic (exact) mass is 485 g/mol. The average molecular weight is 486 g/mol. The number of esters is 1. The molecule has 0 radical (unpaired) electrons. The molecule has 0 fully saturated rings. The van der Waals surface area contributed by atoms with Crippen molar-refractivity contribution >= 4 is 40.0 Å². The number of hydrogen-bond acceptors (Lipinski definition) is 8. The van der Waals surface area contributed by atoms with Gasteiger partial charge in [-0.05, 0) is 64.2 Å². The second kappa shape index (κ2) is 10.5. The molecule has 0 aliphatic heterocycles. The third-order valence-corrected chi connectivity index (χ3v) is 7.43. The number of nitrogens with one attached hydrogen (secondary N) is 1. The van der Waals surface area contributed by atoms with Crippen LogP contribution in [0.3, 0.4) is 0 Å². The van der Waals surface area contributed by atoms with Crippen LogP contribution < -0.4 is 5.32 Å². The van der Waals surface area contributed by atoms with Crippen LogP contribution >= 0.6 is 23.1 Å². The van der Waals surface area contributed by atoms with Crippen LogP contribution in [0, 0.1) is 0 Å². The number of rotatable bonds is 8. The van der Waals surface area contributed by atoms with Crippen molar-refractivity contribution in [3.8, 4) is 11.4 Å². The maximum atomic E-state index is 12.8. The van der Waals surface area contributed by atoms with Crippen molar-refractivity contribution in [2.75, 3.05) is 11.1 Å². The molecule has 33 heavy (non-hydrogen) atoms. The van der Waals surface area contributed by atoms with Crippen LogP contribution in [-0.4, -0.2) is 43.5 Å². The van der Waals surface area contributed by atoms with Gasteiger partial charge in [0.1, 0.15) is 5.00 Å². The number of carbonyl (C=O) groups is 2. The summed E-state index contributed by atoms with van der Waals surface area (Å²) in [4.78, 5) is 30.9.